The maximum Gasteiger partial charge on any atom is 0.0685 e. The lowest BCUT2D eigenvalue weighted by Gasteiger charge is -2.14. The van der Waals surface area contributed by atoms with Gasteiger partial charge in [0.05, 0.1) is 38.6 Å². The van der Waals surface area contributed by atoms with Gasteiger partial charge < -0.3 is 48.5 Å². The van der Waals surface area contributed by atoms with Crippen LogP contribution in [0, 0.1) is 5.92 Å². The zero-order chi connectivity index (χ0) is 26.7. The molecular formula is C25H50N4O5. The molecule has 0 unspecified atom stereocenters. The summed E-state index contributed by atoms with van der Waals surface area (Å²) in [6.45, 7) is 7.49. The van der Waals surface area contributed by atoms with Gasteiger partial charge in [0.2, 0.25) is 0 Å². The fourth-order valence-corrected chi connectivity index (χ4v) is 2.53. The van der Waals surface area contributed by atoms with Crippen molar-refractivity contribution < 1.29 is 25.5 Å². The summed E-state index contributed by atoms with van der Waals surface area (Å²) in [6, 6.07) is 7.66. The summed E-state index contributed by atoms with van der Waals surface area (Å²) >= 11 is 0. The fourth-order valence-electron chi connectivity index (χ4n) is 2.53. The molecular weight excluding hydrogens is 436 g/mol. The Morgan fingerprint density at radius 2 is 1.35 bits per heavy atom. The molecule has 0 fully saturated rings. The highest BCUT2D eigenvalue weighted by atomic mass is 16.3. The quantitative estimate of drug-likeness (QED) is 0.224. The Kier molecular flexibility index (Phi) is 21.4. The minimum atomic E-state index is -0.606. The molecule has 0 aliphatic heterocycles. The lowest BCUT2D eigenvalue weighted by Crippen LogP contribution is -2.35. The molecule has 34 heavy (non-hydrogen) atoms. The lowest BCUT2D eigenvalue weighted by molar-refractivity contribution is 0.123. The molecule has 1 aromatic rings. The van der Waals surface area contributed by atoms with Gasteiger partial charge in [0.1, 0.15) is 0 Å². The monoisotopic (exact) mass is 486 g/mol. The number of nitrogens with two attached hydrogens (primary N) is 4. The highest BCUT2D eigenvalue weighted by molar-refractivity contribution is 5.73. The Morgan fingerprint density at radius 3 is 1.71 bits per heavy atom. The summed E-state index contributed by atoms with van der Waals surface area (Å²) < 4.78 is 0. The fraction of sp³-hybridized carbons (Fsp3) is 0.680. The van der Waals surface area contributed by atoms with Gasteiger partial charge in [0, 0.05) is 18.1 Å². The predicted octanol–water partition coefficient (Wildman–Crippen LogP) is -0.299. The van der Waals surface area contributed by atoms with Crippen LogP contribution in [0.15, 0.2) is 30.3 Å². The third kappa shape index (κ3) is 16.3. The molecule has 0 spiro atoms. The average molecular weight is 487 g/mol. The molecule has 0 heterocycles. The first-order chi connectivity index (χ1) is 16.0. The van der Waals surface area contributed by atoms with Gasteiger partial charge in [-0.05, 0) is 49.3 Å². The van der Waals surface area contributed by atoms with Gasteiger partial charge in [-0.2, -0.15) is 0 Å². The molecule has 0 amide bonds. The minimum absolute atomic E-state index is 0.0278. The molecule has 0 radical (unpaired) electrons. The Balaban J connectivity index is 0. The summed E-state index contributed by atoms with van der Waals surface area (Å²) in [5.41, 5.74) is 25.3. The van der Waals surface area contributed by atoms with Crippen LogP contribution in [0.4, 0.5) is 0 Å². The average Bonchev–Trinajstić information content (AvgIpc) is 3.25. The van der Waals surface area contributed by atoms with Gasteiger partial charge >= 0.3 is 0 Å². The maximum atomic E-state index is 8.89. The molecule has 200 valence electrons. The zero-order valence-corrected chi connectivity index (χ0v) is 21.3. The third-order valence-electron chi connectivity index (χ3n) is 5.35. The zero-order valence-electron chi connectivity index (χ0n) is 21.3. The molecule has 1 aliphatic rings. The Morgan fingerprint density at radius 1 is 0.824 bits per heavy atom. The van der Waals surface area contributed by atoms with Gasteiger partial charge in [-0.15, -0.1) is 0 Å². The number of allylic oxidation sites excluding steroid dienone is 1. The summed E-state index contributed by atoms with van der Waals surface area (Å²) in [5, 5.41) is 42.2. The number of rotatable bonds is 9. The van der Waals surface area contributed by atoms with Crippen molar-refractivity contribution in [1.29, 1.82) is 0 Å². The van der Waals surface area contributed by atoms with Crippen molar-refractivity contribution in [3.8, 4) is 0 Å². The lowest BCUT2D eigenvalue weighted by atomic mass is 10.0. The number of fused-ring (bicyclic) bond motifs is 1. The Labute approximate surface area is 205 Å². The number of aliphatic hydroxyl groups excluding tert-OH is 5. The van der Waals surface area contributed by atoms with E-state index in [1.165, 1.54) is 16.7 Å². The van der Waals surface area contributed by atoms with Crippen molar-refractivity contribution in [1.82, 2.24) is 0 Å². The number of benzene rings is 1. The Bertz CT molecular complexity index is 635. The van der Waals surface area contributed by atoms with E-state index in [0.717, 1.165) is 19.3 Å². The van der Waals surface area contributed by atoms with E-state index in [-0.39, 0.29) is 44.6 Å². The highest BCUT2D eigenvalue weighted by Gasteiger charge is 2.15. The maximum absolute atomic E-state index is 8.89. The second-order valence-electron chi connectivity index (χ2n) is 8.72. The first-order valence-electron chi connectivity index (χ1n) is 11.9. The van der Waals surface area contributed by atoms with Crippen molar-refractivity contribution in [2.24, 2.45) is 28.9 Å². The van der Waals surface area contributed by atoms with Crippen molar-refractivity contribution in [3.05, 3.63) is 41.5 Å². The standard InChI is InChI=1S/C12H15NO.C6H15NO.C4H11NO2.C3H9NO/c13-11(8-14)7-10-6-5-9-3-1-2-4-12(9)10;1-3-5(2)6(7)4-8;1-3(7)4(5)2-6;1-3(4)2-5/h1-4,6,11,14H,5,7-8,13H2;5-6,8H,3-4,7H2,1-2H3;3-4,6-7H,2,5H2,1H3;3,5H,2,4H2,1H3/t11-;5-,6+;3-,4-;3-/m0010/s1. The van der Waals surface area contributed by atoms with Crippen LogP contribution in [-0.4, -0.2) is 82.2 Å². The summed E-state index contributed by atoms with van der Waals surface area (Å²) in [7, 11) is 0. The molecule has 1 aromatic carbocycles. The van der Waals surface area contributed by atoms with E-state index in [1.807, 2.05) is 13.0 Å². The second kappa shape index (κ2) is 20.9. The highest BCUT2D eigenvalue weighted by Crippen LogP contribution is 2.29. The van der Waals surface area contributed by atoms with Crippen molar-refractivity contribution in [2.75, 3.05) is 26.4 Å². The number of hydrogen-bond donors (Lipinski definition) is 9. The molecule has 9 nitrogen and oxygen atoms in total. The normalized spacial score (nSPS) is 17.0. The van der Waals surface area contributed by atoms with E-state index < -0.39 is 12.1 Å². The molecule has 6 atom stereocenters. The Hall–Kier alpha value is -1.40. The topological polar surface area (TPSA) is 205 Å². The van der Waals surface area contributed by atoms with Crippen LogP contribution in [0.2, 0.25) is 0 Å². The smallest absolute Gasteiger partial charge is 0.0685 e. The van der Waals surface area contributed by atoms with Crippen LogP contribution in [0.1, 0.15) is 51.7 Å². The first-order valence-corrected chi connectivity index (χ1v) is 11.9. The molecule has 0 bridgehead atoms. The SMILES string of the molecule is CC[C@H](C)[C@H](N)CO.C[C@@H](O)[C@H](N)CO.C[C@H](N)CO.N[C@H](CO)CC1=CCc2ccccc21. The van der Waals surface area contributed by atoms with E-state index in [0.29, 0.717) is 5.92 Å². The van der Waals surface area contributed by atoms with Crippen molar-refractivity contribution in [3.63, 3.8) is 0 Å². The van der Waals surface area contributed by atoms with Gasteiger partial charge in [-0.3, -0.25) is 0 Å². The van der Waals surface area contributed by atoms with Crippen molar-refractivity contribution in [2.45, 2.75) is 77.2 Å². The summed E-state index contributed by atoms with van der Waals surface area (Å²) in [4.78, 5) is 0. The third-order valence-corrected chi connectivity index (χ3v) is 5.35. The van der Waals surface area contributed by atoms with Crippen LogP contribution >= 0.6 is 0 Å². The van der Waals surface area contributed by atoms with Crippen LogP contribution < -0.4 is 22.9 Å². The first kappa shape index (κ1) is 34.8. The summed E-state index contributed by atoms with van der Waals surface area (Å²) in [5.74, 6) is 0.444. The molecule has 0 saturated carbocycles. The van der Waals surface area contributed by atoms with E-state index in [1.54, 1.807) is 13.8 Å². The molecule has 13 N–H and O–H groups in total. The van der Waals surface area contributed by atoms with Crippen LogP contribution in [0.3, 0.4) is 0 Å². The van der Waals surface area contributed by atoms with E-state index >= 15 is 0 Å². The van der Waals surface area contributed by atoms with E-state index in [2.05, 4.69) is 31.2 Å². The number of aliphatic hydroxyl groups is 5. The van der Waals surface area contributed by atoms with E-state index in [9.17, 15) is 0 Å². The second-order valence-corrected chi connectivity index (χ2v) is 8.72. The predicted molar refractivity (Wildman–Crippen MR) is 140 cm³/mol. The van der Waals surface area contributed by atoms with Gasteiger partial charge in [-0.1, -0.05) is 50.6 Å². The minimum Gasteiger partial charge on any atom is -0.395 e. The molecule has 1 aliphatic carbocycles. The van der Waals surface area contributed by atoms with Gasteiger partial charge in [0.15, 0.2) is 0 Å². The summed E-state index contributed by atoms with van der Waals surface area (Å²) in [6.07, 6.45) is 4.42. The van der Waals surface area contributed by atoms with Crippen LogP contribution in [0.5, 0.6) is 0 Å². The number of hydrogen-bond acceptors (Lipinski definition) is 9. The van der Waals surface area contributed by atoms with E-state index in [4.69, 9.17) is 48.5 Å². The molecule has 9 heteroatoms. The van der Waals surface area contributed by atoms with Gasteiger partial charge in [0.25, 0.3) is 0 Å². The van der Waals surface area contributed by atoms with Gasteiger partial charge in [-0.25, -0.2) is 0 Å². The molecule has 2 rings (SSSR count). The van der Waals surface area contributed by atoms with Crippen LogP contribution in [0.25, 0.3) is 5.57 Å². The van der Waals surface area contributed by atoms with Crippen LogP contribution in [-0.2, 0) is 6.42 Å². The largest absolute Gasteiger partial charge is 0.395 e. The molecule has 0 aromatic heterocycles. The van der Waals surface area contributed by atoms with Crippen molar-refractivity contribution >= 4 is 5.57 Å². The molecule has 0 saturated heterocycles.